The van der Waals surface area contributed by atoms with Gasteiger partial charge in [0, 0.05) is 27.2 Å². The van der Waals surface area contributed by atoms with Crippen molar-refractivity contribution in [2.24, 2.45) is 0 Å². The average Bonchev–Trinajstić information content (AvgIpc) is 2.08. The van der Waals surface area contributed by atoms with Crippen molar-refractivity contribution in [2.75, 3.05) is 46.8 Å². The van der Waals surface area contributed by atoms with Crippen LogP contribution in [0, 0.1) is 0 Å². The average molecular weight is 198 g/mol. The van der Waals surface area contributed by atoms with Crippen LogP contribution in [0.15, 0.2) is 0 Å². The largest absolute Gasteiger partial charge is 0.348 e. The lowest BCUT2D eigenvalue weighted by Gasteiger charge is -2.25. The topological polar surface area (TPSA) is 37.7 Å². The number of nitrogens with zero attached hydrogens (tertiary/aromatic N) is 3. The summed E-state index contributed by atoms with van der Waals surface area (Å²) in [6.07, 6.45) is 2.17. The molecule has 0 aromatic heterocycles. The summed E-state index contributed by atoms with van der Waals surface area (Å²) < 4.78 is 0. The molecule has 0 bridgehead atoms. The molecule has 0 aliphatic carbocycles. The van der Waals surface area contributed by atoms with Crippen molar-refractivity contribution < 1.29 is 4.79 Å². The normalized spacial score (nSPS) is 19.9. The van der Waals surface area contributed by atoms with Gasteiger partial charge >= 0.3 is 0 Å². The van der Waals surface area contributed by atoms with Crippen LogP contribution in [-0.2, 0) is 4.79 Å². The van der Waals surface area contributed by atoms with E-state index in [-0.39, 0.29) is 5.91 Å². The van der Waals surface area contributed by atoms with Crippen LogP contribution in [-0.4, -0.2) is 62.5 Å². The second-order valence-corrected chi connectivity index (χ2v) is 3.94. The van der Waals surface area contributed by atoms with Gasteiger partial charge in [0.2, 0.25) is 5.91 Å². The van der Waals surface area contributed by atoms with Gasteiger partial charge in [-0.15, -0.1) is 0 Å². The van der Waals surface area contributed by atoms with E-state index in [0.717, 1.165) is 39.0 Å². The van der Waals surface area contributed by atoms with Crippen molar-refractivity contribution in [2.45, 2.75) is 12.8 Å². The Labute approximate surface area is 86.2 Å². The van der Waals surface area contributed by atoms with Gasteiger partial charge in [0.25, 0.3) is 0 Å². The third kappa shape index (κ3) is 4.07. The maximum Gasteiger partial charge on any atom is 0.236 e. The van der Waals surface area contributed by atoms with Gasteiger partial charge in [-0.25, -0.2) is 5.32 Å². The minimum atomic E-state index is 0.197. The van der Waals surface area contributed by atoms with E-state index in [9.17, 15) is 4.79 Å². The van der Waals surface area contributed by atoms with Crippen LogP contribution in [0.25, 0.3) is 0 Å². The number of likely N-dealkylation sites (N-methyl/N-ethyl adjacent to an activating group) is 1. The lowest BCUT2D eigenvalue weighted by molar-refractivity contribution is -0.129. The van der Waals surface area contributed by atoms with Crippen molar-refractivity contribution >= 4 is 5.91 Å². The molecule has 1 saturated heterocycles. The van der Waals surface area contributed by atoms with Crippen molar-refractivity contribution in [1.29, 1.82) is 0 Å². The van der Waals surface area contributed by atoms with Gasteiger partial charge in [-0.05, 0) is 25.9 Å². The summed E-state index contributed by atoms with van der Waals surface area (Å²) in [6.45, 7) is 4.47. The first-order valence-electron chi connectivity index (χ1n) is 5.26. The zero-order valence-corrected chi connectivity index (χ0v) is 9.20. The molecule has 1 radical (unpaired) electrons. The summed E-state index contributed by atoms with van der Waals surface area (Å²) in [6, 6.07) is 0. The predicted octanol–water partition coefficient (Wildman–Crippen LogP) is -0.225. The van der Waals surface area contributed by atoms with E-state index in [4.69, 9.17) is 0 Å². The van der Waals surface area contributed by atoms with Gasteiger partial charge in [0.15, 0.2) is 0 Å². The molecule has 4 nitrogen and oxygen atoms in total. The second-order valence-electron chi connectivity index (χ2n) is 3.94. The molecule has 14 heavy (non-hydrogen) atoms. The predicted molar refractivity (Wildman–Crippen MR) is 56.2 cm³/mol. The highest BCUT2D eigenvalue weighted by Crippen LogP contribution is 1.98. The Morgan fingerprint density at radius 3 is 2.36 bits per heavy atom. The monoisotopic (exact) mass is 198 g/mol. The standard InChI is InChI=1S/C10H20N3O/c1-12(2)10(14)9-13-7-3-5-11-6-4-8-13/h3-9H2,1-2H3. The fraction of sp³-hybridized carbons (Fsp3) is 0.900. The maximum atomic E-state index is 11.5. The molecule has 1 aliphatic rings. The third-order valence-electron chi connectivity index (χ3n) is 2.44. The molecule has 0 N–H and O–H groups in total. The summed E-state index contributed by atoms with van der Waals surface area (Å²) in [4.78, 5) is 15.4. The summed E-state index contributed by atoms with van der Waals surface area (Å²) >= 11 is 0. The van der Waals surface area contributed by atoms with E-state index < -0.39 is 0 Å². The molecule has 4 heteroatoms. The Kier molecular flexibility index (Phi) is 4.90. The number of rotatable bonds is 2. The number of amides is 1. The quantitative estimate of drug-likeness (QED) is 0.615. The summed E-state index contributed by atoms with van der Waals surface area (Å²) in [5.41, 5.74) is 0. The first-order valence-corrected chi connectivity index (χ1v) is 5.26. The summed E-state index contributed by atoms with van der Waals surface area (Å²) in [5.74, 6) is 0.197. The highest BCUT2D eigenvalue weighted by Gasteiger charge is 2.12. The Bertz CT molecular complexity index is 174. The molecule has 81 valence electrons. The van der Waals surface area contributed by atoms with Crippen LogP contribution in [0.1, 0.15) is 12.8 Å². The molecule has 0 aromatic carbocycles. The van der Waals surface area contributed by atoms with E-state index >= 15 is 0 Å². The van der Waals surface area contributed by atoms with Crippen molar-refractivity contribution in [3.63, 3.8) is 0 Å². The molecule has 0 aromatic rings. The lowest BCUT2D eigenvalue weighted by Crippen LogP contribution is -2.39. The molecule has 1 fully saturated rings. The number of carbonyl (C=O) groups is 1. The van der Waals surface area contributed by atoms with Gasteiger partial charge in [-0.2, -0.15) is 0 Å². The minimum Gasteiger partial charge on any atom is -0.348 e. The second kappa shape index (κ2) is 5.98. The molecule has 0 spiro atoms. The van der Waals surface area contributed by atoms with E-state index in [0.29, 0.717) is 6.54 Å². The molecule has 0 atom stereocenters. The number of carbonyl (C=O) groups excluding carboxylic acids is 1. The van der Waals surface area contributed by atoms with Crippen molar-refractivity contribution in [3.05, 3.63) is 0 Å². The maximum absolute atomic E-state index is 11.5. The lowest BCUT2D eigenvalue weighted by atomic mass is 10.2. The SMILES string of the molecule is CN(C)C(=O)CN1CCC[N]CCC1. The fourth-order valence-corrected chi connectivity index (χ4v) is 1.53. The number of hydrogen-bond acceptors (Lipinski definition) is 2. The van der Waals surface area contributed by atoms with Gasteiger partial charge in [0.1, 0.15) is 0 Å². The first kappa shape index (κ1) is 11.5. The van der Waals surface area contributed by atoms with E-state index in [1.54, 1.807) is 4.90 Å². The van der Waals surface area contributed by atoms with Gasteiger partial charge in [0.05, 0.1) is 6.54 Å². The fourth-order valence-electron chi connectivity index (χ4n) is 1.53. The minimum absolute atomic E-state index is 0.197. The Balaban J connectivity index is 2.30. The van der Waals surface area contributed by atoms with Crippen LogP contribution in [0.3, 0.4) is 0 Å². The molecule has 0 saturated carbocycles. The van der Waals surface area contributed by atoms with Gasteiger partial charge in [-0.1, -0.05) is 0 Å². The van der Waals surface area contributed by atoms with Crippen molar-refractivity contribution in [3.8, 4) is 0 Å². The van der Waals surface area contributed by atoms with E-state index in [1.807, 2.05) is 14.1 Å². The van der Waals surface area contributed by atoms with Crippen LogP contribution in [0.5, 0.6) is 0 Å². The molecular formula is C10H20N3O. The molecule has 1 amide bonds. The van der Waals surface area contributed by atoms with Crippen LogP contribution < -0.4 is 5.32 Å². The summed E-state index contributed by atoms with van der Waals surface area (Å²) in [7, 11) is 3.61. The highest BCUT2D eigenvalue weighted by molar-refractivity contribution is 5.77. The first-order chi connectivity index (χ1) is 6.70. The zero-order valence-electron chi connectivity index (χ0n) is 9.20. The number of hydrogen-bond donors (Lipinski definition) is 0. The van der Waals surface area contributed by atoms with Crippen molar-refractivity contribution in [1.82, 2.24) is 15.1 Å². The third-order valence-corrected chi connectivity index (χ3v) is 2.44. The highest BCUT2D eigenvalue weighted by atomic mass is 16.2. The molecule has 1 aliphatic heterocycles. The van der Waals surface area contributed by atoms with Crippen LogP contribution >= 0.6 is 0 Å². The Morgan fingerprint density at radius 2 is 1.86 bits per heavy atom. The van der Waals surface area contributed by atoms with Crippen LogP contribution in [0.2, 0.25) is 0 Å². The smallest absolute Gasteiger partial charge is 0.236 e. The summed E-state index contributed by atoms with van der Waals surface area (Å²) in [5, 5.41) is 4.36. The molecular weight excluding hydrogens is 178 g/mol. The van der Waals surface area contributed by atoms with E-state index in [1.165, 1.54) is 0 Å². The van der Waals surface area contributed by atoms with E-state index in [2.05, 4.69) is 10.2 Å². The van der Waals surface area contributed by atoms with Gasteiger partial charge < -0.3 is 4.90 Å². The molecule has 1 heterocycles. The molecule has 1 rings (SSSR count). The molecule has 0 unspecified atom stereocenters. The Morgan fingerprint density at radius 1 is 1.29 bits per heavy atom. The Hall–Kier alpha value is -0.610. The zero-order chi connectivity index (χ0) is 10.4. The van der Waals surface area contributed by atoms with Gasteiger partial charge in [-0.3, -0.25) is 9.69 Å². The van der Waals surface area contributed by atoms with Crippen LogP contribution in [0.4, 0.5) is 0 Å².